The van der Waals surface area contributed by atoms with Crippen molar-refractivity contribution in [1.82, 2.24) is 9.88 Å². The molecule has 0 saturated carbocycles. The Morgan fingerprint density at radius 1 is 1.30 bits per heavy atom. The molecule has 0 radical (unpaired) electrons. The lowest BCUT2D eigenvalue weighted by Gasteiger charge is -2.18. The van der Waals surface area contributed by atoms with Crippen molar-refractivity contribution in [3.63, 3.8) is 0 Å². The molecule has 1 fully saturated rings. The number of nitrogens with one attached hydrogen (secondary N) is 1. The summed E-state index contributed by atoms with van der Waals surface area (Å²) in [6.45, 7) is -1.72. The number of hydrogen-bond acceptors (Lipinski definition) is 4. The summed E-state index contributed by atoms with van der Waals surface area (Å²) < 4.78 is 63.5. The fourth-order valence-corrected chi connectivity index (χ4v) is 3.37. The maximum Gasteiger partial charge on any atom is 0.406 e. The van der Waals surface area contributed by atoms with Gasteiger partial charge < -0.3 is 10.2 Å². The highest BCUT2D eigenvalue weighted by Crippen LogP contribution is 2.28. The Morgan fingerprint density at radius 3 is 2.70 bits per heavy atom. The number of hydrogen-bond donors (Lipinski definition) is 1. The minimum atomic E-state index is -4.53. The van der Waals surface area contributed by atoms with E-state index >= 15 is 0 Å². The molecule has 1 aliphatic heterocycles. The minimum absolute atomic E-state index is 0.140. The zero-order valence-electron chi connectivity index (χ0n) is 13.5. The van der Waals surface area contributed by atoms with Gasteiger partial charge in [0.25, 0.3) is 0 Å². The monoisotopic (exact) mass is 405 g/mol. The van der Waals surface area contributed by atoms with Gasteiger partial charge in [-0.3, -0.25) is 9.59 Å². The molecule has 1 saturated heterocycles. The third-order valence-electron chi connectivity index (χ3n) is 3.91. The first-order chi connectivity index (χ1) is 12.6. The summed E-state index contributed by atoms with van der Waals surface area (Å²) in [5.41, 5.74) is 0.605. The molecule has 0 aliphatic carbocycles. The van der Waals surface area contributed by atoms with Crippen LogP contribution >= 0.6 is 11.3 Å². The van der Waals surface area contributed by atoms with Crippen molar-refractivity contribution >= 4 is 28.3 Å². The fourth-order valence-electron chi connectivity index (χ4n) is 2.64. The number of benzene rings is 1. The minimum Gasteiger partial charge on any atom is -0.333 e. The van der Waals surface area contributed by atoms with Gasteiger partial charge in [-0.05, 0) is 18.2 Å². The van der Waals surface area contributed by atoms with Crippen LogP contribution in [0.2, 0.25) is 0 Å². The number of carbonyl (C=O) groups excluding carboxylic acids is 2. The van der Waals surface area contributed by atoms with Gasteiger partial charge in [0.05, 0.1) is 11.6 Å². The Balaban J connectivity index is 1.64. The number of nitrogens with zero attached hydrogens (tertiary/aromatic N) is 2. The molecule has 2 amide bonds. The van der Waals surface area contributed by atoms with E-state index in [4.69, 9.17) is 0 Å². The normalized spacial score (nSPS) is 17.4. The molecule has 1 aliphatic rings. The number of anilines is 1. The summed E-state index contributed by atoms with van der Waals surface area (Å²) in [5, 5.41) is 4.10. The van der Waals surface area contributed by atoms with Crippen LogP contribution in [-0.4, -0.2) is 41.0 Å². The van der Waals surface area contributed by atoms with Gasteiger partial charge in [-0.2, -0.15) is 13.2 Å². The Hall–Kier alpha value is -2.56. The Kier molecular flexibility index (Phi) is 5.13. The van der Waals surface area contributed by atoms with Gasteiger partial charge in [0.1, 0.15) is 6.54 Å². The smallest absolute Gasteiger partial charge is 0.333 e. The standard InChI is InChI=1S/C16H12F5N3O2S/c17-10-2-1-8(3-11(10)18)12-6-27-15(22-12)23-14(26)9-4-13(25)24(5-9)7-16(19,20)21/h1-3,6,9H,4-5,7H2,(H,22,23,26). The zero-order valence-corrected chi connectivity index (χ0v) is 14.3. The van der Waals surface area contributed by atoms with Gasteiger partial charge in [-0.15, -0.1) is 11.3 Å². The van der Waals surface area contributed by atoms with Crippen molar-refractivity contribution in [3.05, 3.63) is 35.2 Å². The molecule has 1 aromatic carbocycles. The van der Waals surface area contributed by atoms with Crippen LogP contribution in [0, 0.1) is 17.6 Å². The highest BCUT2D eigenvalue weighted by molar-refractivity contribution is 7.14. The third-order valence-corrected chi connectivity index (χ3v) is 4.66. The largest absolute Gasteiger partial charge is 0.406 e. The number of carbonyl (C=O) groups is 2. The van der Waals surface area contributed by atoms with Crippen LogP contribution in [0.25, 0.3) is 11.3 Å². The molecule has 0 spiro atoms. The van der Waals surface area contributed by atoms with Crippen molar-refractivity contribution in [2.45, 2.75) is 12.6 Å². The molecule has 1 atom stereocenters. The van der Waals surface area contributed by atoms with Crippen LogP contribution in [0.15, 0.2) is 23.6 Å². The SMILES string of the molecule is O=C(Nc1nc(-c2ccc(F)c(F)c2)cs1)C1CC(=O)N(CC(F)(F)F)C1. The second kappa shape index (κ2) is 7.22. The van der Waals surface area contributed by atoms with Gasteiger partial charge >= 0.3 is 6.18 Å². The molecule has 2 aromatic rings. The van der Waals surface area contributed by atoms with Crippen LogP contribution in [0.1, 0.15) is 6.42 Å². The maximum absolute atomic E-state index is 13.3. The number of likely N-dealkylation sites (tertiary alicyclic amines) is 1. The van der Waals surface area contributed by atoms with Crippen molar-refractivity contribution < 1.29 is 31.5 Å². The van der Waals surface area contributed by atoms with Crippen molar-refractivity contribution in [3.8, 4) is 11.3 Å². The number of amides is 2. The third kappa shape index (κ3) is 4.59. The number of rotatable bonds is 4. The van der Waals surface area contributed by atoms with Crippen LogP contribution in [0.5, 0.6) is 0 Å². The van der Waals surface area contributed by atoms with E-state index < -0.39 is 42.1 Å². The Morgan fingerprint density at radius 2 is 2.04 bits per heavy atom. The first kappa shape index (κ1) is 19.2. The quantitative estimate of drug-likeness (QED) is 0.793. The van der Waals surface area contributed by atoms with Crippen LogP contribution < -0.4 is 5.32 Å². The van der Waals surface area contributed by atoms with Crippen molar-refractivity contribution in [2.24, 2.45) is 5.92 Å². The van der Waals surface area contributed by atoms with E-state index in [1.807, 2.05) is 0 Å². The van der Waals surface area contributed by atoms with Crippen LogP contribution in [-0.2, 0) is 9.59 Å². The summed E-state index contributed by atoms with van der Waals surface area (Å²) in [6.07, 6.45) is -4.85. The molecule has 11 heteroatoms. The lowest BCUT2D eigenvalue weighted by Crippen LogP contribution is -2.36. The van der Waals surface area contributed by atoms with Crippen molar-refractivity contribution in [2.75, 3.05) is 18.4 Å². The number of thiazole rings is 1. The lowest BCUT2D eigenvalue weighted by atomic mass is 10.1. The molecular weight excluding hydrogens is 393 g/mol. The van der Waals surface area contributed by atoms with E-state index in [2.05, 4.69) is 10.3 Å². The van der Waals surface area contributed by atoms with Gasteiger partial charge in [-0.25, -0.2) is 13.8 Å². The molecular formula is C16H12F5N3O2S. The van der Waals surface area contributed by atoms with E-state index in [0.717, 1.165) is 23.5 Å². The highest BCUT2D eigenvalue weighted by atomic mass is 32.1. The molecule has 1 N–H and O–H groups in total. The molecule has 144 valence electrons. The number of halogens is 5. The van der Waals surface area contributed by atoms with E-state index in [-0.39, 0.29) is 18.1 Å². The molecule has 5 nitrogen and oxygen atoms in total. The first-order valence-electron chi connectivity index (χ1n) is 7.69. The van der Waals surface area contributed by atoms with E-state index in [0.29, 0.717) is 16.2 Å². The second-order valence-corrected chi connectivity index (χ2v) is 6.80. The fraction of sp³-hybridized carbons (Fsp3) is 0.312. The average Bonchev–Trinajstić information content (AvgIpc) is 3.16. The van der Waals surface area contributed by atoms with E-state index in [1.165, 1.54) is 11.4 Å². The number of aromatic nitrogens is 1. The summed E-state index contributed by atoms with van der Waals surface area (Å²) in [4.78, 5) is 28.5. The summed E-state index contributed by atoms with van der Waals surface area (Å²) in [5.74, 6) is -4.33. The summed E-state index contributed by atoms with van der Waals surface area (Å²) in [6, 6.07) is 3.23. The zero-order chi connectivity index (χ0) is 19.8. The summed E-state index contributed by atoms with van der Waals surface area (Å²) in [7, 11) is 0. The summed E-state index contributed by atoms with van der Waals surface area (Å²) >= 11 is 1.02. The van der Waals surface area contributed by atoms with Gasteiger partial charge in [0.15, 0.2) is 16.8 Å². The average molecular weight is 405 g/mol. The second-order valence-electron chi connectivity index (χ2n) is 5.95. The topological polar surface area (TPSA) is 62.3 Å². The van der Waals surface area contributed by atoms with Crippen LogP contribution in [0.3, 0.4) is 0 Å². The Bertz CT molecular complexity index is 883. The van der Waals surface area contributed by atoms with Crippen molar-refractivity contribution in [1.29, 1.82) is 0 Å². The lowest BCUT2D eigenvalue weighted by molar-refractivity contribution is -0.157. The van der Waals surface area contributed by atoms with E-state index in [9.17, 15) is 31.5 Å². The predicted octanol–water partition coefficient (Wildman–Crippen LogP) is 3.44. The molecule has 1 unspecified atom stereocenters. The van der Waals surface area contributed by atoms with Gasteiger partial charge in [0, 0.05) is 23.9 Å². The molecule has 27 heavy (non-hydrogen) atoms. The predicted molar refractivity (Wildman–Crippen MR) is 86.8 cm³/mol. The van der Waals surface area contributed by atoms with Gasteiger partial charge in [0.2, 0.25) is 11.8 Å². The first-order valence-corrected chi connectivity index (χ1v) is 8.56. The maximum atomic E-state index is 13.3. The molecule has 2 heterocycles. The van der Waals surface area contributed by atoms with Gasteiger partial charge in [-0.1, -0.05) is 0 Å². The van der Waals surface area contributed by atoms with E-state index in [1.54, 1.807) is 0 Å². The number of alkyl halides is 3. The van der Waals surface area contributed by atoms with Crippen LogP contribution in [0.4, 0.5) is 27.1 Å². The highest BCUT2D eigenvalue weighted by Gasteiger charge is 2.40. The molecule has 0 bridgehead atoms. The molecule has 1 aromatic heterocycles. The Labute approximate surface area is 153 Å². The molecule has 3 rings (SSSR count).